The van der Waals surface area contributed by atoms with Gasteiger partial charge >= 0.3 is 0 Å². The Morgan fingerprint density at radius 2 is 1.91 bits per heavy atom. The number of anilines is 1. The van der Waals surface area contributed by atoms with E-state index in [1.54, 1.807) is 41.6 Å². The molecule has 1 fully saturated rings. The lowest BCUT2D eigenvalue weighted by atomic mass is 9.97. The molecule has 7 heteroatoms. The number of aromatic nitrogens is 2. The summed E-state index contributed by atoms with van der Waals surface area (Å²) in [6.07, 6.45) is 1.66. The molecular formula is C15H25N5O2. The van der Waals surface area contributed by atoms with Gasteiger partial charge in [0.2, 0.25) is 5.91 Å². The van der Waals surface area contributed by atoms with Gasteiger partial charge in [-0.1, -0.05) is 0 Å². The van der Waals surface area contributed by atoms with E-state index in [0.29, 0.717) is 18.8 Å². The highest BCUT2D eigenvalue weighted by atomic mass is 16.2. The summed E-state index contributed by atoms with van der Waals surface area (Å²) in [7, 11) is 1.74. The predicted molar refractivity (Wildman–Crippen MR) is 84.4 cm³/mol. The van der Waals surface area contributed by atoms with Crippen molar-refractivity contribution >= 4 is 17.5 Å². The summed E-state index contributed by atoms with van der Waals surface area (Å²) in [5.74, 6) is -0.382. The summed E-state index contributed by atoms with van der Waals surface area (Å²) in [6, 6.07) is 0. The van der Waals surface area contributed by atoms with Crippen LogP contribution in [-0.4, -0.2) is 57.1 Å². The van der Waals surface area contributed by atoms with E-state index in [0.717, 1.165) is 0 Å². The van der Waals surface area contributed by atoms with Crippen molar-refractivity contribution in [3.63, 3.8) is 0 Å². The number of likely N-dealkylation sites (N-methyl/N-ethyl adjacent to an activating group) is 1. The quantitative estimate of drug-likeness (QED) is 0.836. The van der Waals surface area contributed by atoms with Crippen molar-refractivity contribution in [1.82, 2.24) is 19.6 Å². The molecule has 22 heavy (non-hydrogen) atoms. The third kappa shape index (κ3) is 2.55. The van der Waals surface area contributed by atoms with E-state index in [4.69, 9.17) is 5.73 Å². The lowest BCUT2D eigenvalue weighted by Gasteiger charge is -2.44. The van der Waals surface area contributed by atoms with Crippen LogP contribution in [0.15, 0.2) is 6.20 Å². The van der Waals surface area contributed by atoms with E-state index in [9.17, 15) is 9.59 Å². The molecule has 0 aromatic carbocycles. The van der Waals surface area contributed by atoms with Gasteiger partial charge in [0.15, 0.2) is 5.69 Å². The average molecular weight is 307 g/mol. The Balaban J connectivity index is 2.36. The maximum Gasteiger partial charge on any atom is 0.277 e. The van der Waals surface area contributed by atoms with Gasteiger partial charge in [0.25, 0.3) is 5.91 Å². The average Bonchev–Trinajstić information content (AvgIpc) is 2.77. The Hall–Kier alpha value is -2.05. The summed E-state index contributed by atoms with van der Waals surface area (Å²) in [6.45, 7) is 10.4. The van der Waals surface area contributed by atoms with Crippen LogP contribution in [0.3, 0.4) is 0 Å². The SMILES string of the molecule is CN1CCN(C(=O)c2nn(C(C)(C)C)cc2N)C(C)(C)C1=O. The molecule has 0 saturated carbocycles. The zero-order valence-electron chi connectivity index (χ0n) is 14.2. The number of rotatable bonds is 1. The first-order valence-electron chi connectivity index (χ1n) is 7.39. The molecule has 0 bridgehead atoms. The Morgan fingerprint density at radius 3 is 2.41 bits per heavy atom. The number of nitrogens with two attached hydrogens (primary N) is 1. The molecule has 1 aromatic heterocycles. The number of hydrogen-bond acceptors (Lipinski definition) is 4. The zero-order chi connectivity index (χ0) is 16.9. The Morgan fingerprint density at radius 1 is 1.32 bits per heavy atom. The van der Waals surface area contributed by atoms with E-state index >= 15 is 0 Å². The van der Waals surface area contributed by atoms with E-state index in [1.165, 1.54) is 0 Å². The maximum absolute atomic E-state index is 12.8. The highest BCUT2D eigenvalue weighted by Gasteiger charge is 2.44. The minimum atomic E-state index is -0.901. The van der Waals surface area contributed by atoms with E-state index in [-0.39, 0.29) is 23.0 Å². The fourth-order valence-corrected chi connectivity index (χ4v) is 2.59. The molecule has 0 spiro atoms. The highest BCUT2D eigenvalue weighted by molar-refractivity contribution is 6.01. The first-order valence-corrected chi connectivity index (χ1v) is 7.39. The van der Waals surface area contributed by atoms with Gasteiger partial charge in [0, 0.05) is 26.3 Å². The first kappa shape index (κ1) is 16.3. The second kappa shape index (κ2) is 5.00. The van der Waals surface area contributed by atoms with Gasteiger partial charge in [0.05, 0.1) is 11.2 Å². The third-order valence-electron chi connectivity index (χ3n) is 4.08. The van der Waals surface area contributed by atoms with E-state index in [2.05, 4.69) is 5.10 Å². The molecule has 2 rings (SSSR count). The number of hydrogen-bond donors (Lipinski definition) is 1. The molecule has 1 aliphatic rings. The summed E-state index contributed by atoms with van der Waals surface area (Å²) in [4.78, 5) is 28.3. The number of amides is 2. The minimum Gasteiger partial charge on any atom is -0.396 e. The molecule has 1 aromatic rings. The molecule has 0 radical (unpaired) electrons. The Kier molecular flexibility index (Phi) is 3.71. The molecule has 7 nitrogen and oxygen atoms in total. The molecule has 1 saturated heterocycles. The number of nitrogen functional groups attached to an aromatic ring is 1. The topological polar surface area (TPSA) is 84.5 Å². The molecule has 0 atom stereocenters. The van der Waals surface area contributed by atoms with Gasteiger partial charge in [-0.15, -0.1) is 0 Å². The summed E-state index contributed by atoms with van der Waals surface area (Å²) in [5.41, 5.74) is 5.35. The van der Waals surface area contributed by atoms with Crippen LogP contribution in [0.2, 0.25) is 0 Å². The standard InChI is InChI=1S/C15H25N5O2/c1-14(2,3)20-9-10(16)11(17-20)12(21)19-8-7-18(6)13(22)15(19,4)5/h9H,7-8,16H2,1-6H3. The lowest BCUT2D eigenvalue weighted by Crippen LogP contribution is -2.63. The second-order valence-electron chi connectivity index (χ2n) is 7.29. The second-order valence-corrected chi connectivity index (χ2v) is 7.29. The molecule has 2 N–H and O–H groups in total. The predicted octanol–water partition coefficient (Wildman–Crippen LogP) is 0.913. The number of carbonyl (C=O) groups excluding carboxylic acids is 2. The van der Waals surface area contributed by atoms with Crippen LogP contribution in [0, 0.1) is 0 Å². The van der Waals surface area contributed by atoms with E-state index < -0.39 is 5.54 Å². The largest absolute Gasteiger partial charge is 0.396 e. The highest BCUT2D eigenvalue weighted by Crippen LogP contribution is 2.26. The Labute approximate surface area is 131 Å². The number of piperazine rings is 1. The van der Waals surface area contributed by atoms with Gasteiger partial charge < -0.3 is 15.5 Å². The third-order valence-corrected chi connectivity index (χ3v) is 4.08. The van der Waals surface area contributed by atoms with Crippen LogP contribution in [0.5, 0.6) is 0 Å². The molecule has 122 valence electrons. The van der Waals surface area contributed by atoms with Crippen molar-refractivity contribution in [3.05, 3.63) is 11.9 Å². The summed E-state index contributed by atoms with van der Waals surface area (Å²) >= 11 is 0. The van der Waals surface area contributed by atoms with Crippen molar-refractivity contribution in [1.29, 1.82) is 0 Å². The maximum atomic E-state index is 12.8. The number of carbonyl (C=O) groups is 2. The van der Waals surface area contributed by atoms with Crippen molar-refractivity contribution < 1.29 is 9.59 Å². The number of nitrogens with zero attached hydrogens (tertiary/aromatic N) is 4. The van der Waals surface area contributed by atoms with Gasteiger partial charge in [0.1, 0.15) is 5.54 Å². The van der Waals surface area contributed by atoms with Gasteiger partial charge in [-0.25, -0.2) is 0 Å². The molecule has 1 aliphatic heterocycles. The minimum absolute atomic E-state index is 0.0825. The van der Waals surface area contributed by atoms with Crippen LogP contribution in [-0.2, 0) is 10.3 Å². The van der Waals surface area contributed by atoms with Crippen LogP contribution in [0.1, 0.15) is 45.1 Å². The van der Waals surface area contributed by atoms with Gasteiger partial charge in [-0.05, 0) is 34.6 Å². The fourth-order valence-electron chi connectivity index (χ4n) is 2.59. The van der Waals surface area contributed by atoms with Gasteiger partial charge in [-0.2, -0.15) is 5.10 Å². The normalized spacial score (nSPS) is 18.7. The van der Waals surface area contributed by atoms with Crippen LogP contribution in [0.4, 0.5) is 5.69 Å². The molecule has 0 unspecified atom stereocenters. The molecule has 0 aliphatic carbocycles. The van der Waals surface area contributed by atoms with Crippen molar-refractivity contribution in [3.8, 4) is 0 Å². The first-order chi connectivity index (χ1) is 9.96. The summed E-state index contributed by atoms with van der Waals surface area (Å²) < 4.78 is 1.68. The Bertz CT molecular complexity index is 612. The fraction of sp³-hybridized carbons (Fsp3) is 0.667. The van der Waals surface area contributed by atoms with Gasteiger partial charge in [-0.3, -0.25) is 14.3 Å². The summed E-state index contributed by atoms with van der Waals surface area (Å²) in [5, 5.41) is 4.34. The molecule has 2 heterocycles. The van der Waals surface area contributed by atoms with Crippen molar-refractivity contribution in [2.45, 2.75) is 45.7 Å². The monoisotopic (exact) mass is 307 g/mol. The van der Waals surface area contributed by atoms with Crippen LogP contribution < -0.4 is 5.73 Å². The van der Waals surface area contributed by atoms with E-state index in [1.807, 2.05) is 20.8 Å². The van der Waals surface area contributed by atoms with Crippen LogP contribution >= 0.6 is 0 Å². The lowest BCUT2D eigenvalue weighted by molar-refractivity contribution is -0.144. The molecular weight excluding hydrogens is 282 g/mol. The van der Waals surface area contributed by atoms with Crippen molar-refractivity contribution in [2.24, 2.45) is 0 Å². The van der Waals surface area contributed by atoms with Crippen molar-refractivity contribution in [2.75, 3.05) is 25.9 Å². The van der Waals surface area contributed by atoms with Crippen LogP contribution in [0.25, 0.3) is 0 Å². The smallest absolute Gasteiger partial charge is 0.277 e. The molecule has 2 amide bonds. The zero-order valence-corrected chi connectivity index (χ0v) is 14.2.